The Morgan fingerprint density at radius 2 is 2.22 bits per heavy atom. The van der Waals surface area contributed by atoms with E-state index in [-0.39, 0.29) is 17.7 Å². The molecular formula is C11H9F2NO4. The summed E-state index contributed by atoms with van der Waals surface area (Å²) < 4.78 is 33.0. The van der Waals surface area contributed by atoms with E-state index in [9.17, 15) is 18.7 Å². The molecular weight excluding hydrogens is 248 g/mol. The van der Waals surface area contributed by atoms with Crippen molar-refractivity contribution in [2.24, 2.45) is 0 Å². The number of aromatic hydroxyl groups is 1. The first kappa shape index (κ1) is 13.7. The Labute approximate surface area is 101 Å². The second kappa shape index (κ2) is 5.82. The van der Waals surface area contributed by atoms with Gasteiger partial charge in [-0.05, 0) is 13.0 Å². The molecule has 0 saturated heterocycles. The van der Waals surface area contributed by atoms with Gasteiger partial charge in [0.1, 0.15) is 23.1 Å². The van der Waals surface area contributed by atoms with Gasteiger partial charge in [0.2, 0.25) is 0 Å². The van der Waals surface area contributed by atoms with Crippen LogP contribution in [0.15, 0.2) is 12.1 Å². The molecule has 0 radical (unpaired) electrons. The molecule has 1 aromatic rings. The van der Waals surface area contributed by atoms with E-state index in [4.69, 9.17) is 5.26 Å². The molecule has 0 aliphatic heterocycles. The van der Waals surface area contributed by atoms with Crippen LogP contribution < -0.4 is 4.74 Å². The Hall–Kier alpha value is -2.36. The van der Waals surface area contributed by atoms with Gasteiger partial charge in [0.25, 0.3) is 0 Å². The minimum Gasteiger partial charge on any atom is -0.506 e. The highest BCUT2D eigenvalue weighted by atomic mass is 19.3. The lowest BCUT2D eigenvalue weighted by Gasteiger charge is -2.11. The first-order valence-corrected chi connectivity index (χ1v) is 4.88. The molecule has 5 nitrogen and oxygen atoms in total. The molecule has 0 bridgehead atoms. The molecule has 1 aromatic carbocycles. The van der Waals surface area contributed by atoms with Crippen LogP contribution >= 0.6 is 0 Å². The number of phenols is 1. The van der Waals surface area contributed by atoms with Crippen LogP contribution in [0.25, 0.3) is 0 Å². The zero-order chi connectivity index (χ0) is 13.7. The summed E-state index contributed by atoms with van der Waals surface area (Å²) in [5.74, 6) is -2.01. The molecule has 0 unspecified atom stereocenters. The topological polar surface area (TPSA) is 79.6 Å². The van der Waals surface area contributed by atoms with Crippen LogP contribution in [0.1, 0.15) is 22.8 Å². The monoisotopic (exact) mass is 257 g/mol. The number of esters is 1. The van der Waals surface area contributed by atoms with Crippen molar-refractivity contribution in [1.29, 1.82) is 5.26 Å². The van der Waals surface area contributed by atoms with Crippen LogP contribution in [-0.2, 0) is 4.74 Å². The number of halogens is 2. The van der Waals surface area contributed by atoms with Crippen molar-refractivity contribution >= 4 is 5.97 Å². The maximum atomic E-state index is 12.1. The number of hydrogen-bond acceptors (Lipinski definition) is 5. The second-order valence-corrected chi connectivity index (χ2v) is 3.08. The zero-order valence-electron chi connectivity index (χ0n) is 9.31. The van der Waals surface area contributed by atoms with Gasteiger partial charge in [0.05, 0.1) is 12.2 Å². The minimum absolute atomic E-state index is 0.0374. The number of nitrogens with zero attached hydrogens (tertiary/aromatic N) is 1. The number of carbonyl (C=O) groups excluding carboxylic acids is 1. The van der Waals surface area contributed by atoms with Gasteiger partial charge in [-0.3, -0.25) is 0 Å². The van der Waals surface area contributed by atoms with Crippen molar-refractivity contribution in [3.05, 3.63) is 23.3 Å². The molecule has 0 fully saturated rings. The highest BCUT2D eigenvalue weighted by molar-refractivity contribution is 5.93. The van der Waals surface area contributed by atoms with Gasteiger partial charge in [-0.15, -0.1) is 0 Å². The van der Waals surface area contributed by atoms with Crippen molar-refractivity contribution in [3.8, 4) is 17.6 Å². The predicted octanol–water partition coefficient (Wildman–Crippen LogP) is 2.04. The summed E-state index contributed by atoms with van der Waals surface area (Å²) in [6, 6.07) is 3.32. The van der Waals surface area contributed by atoms with Gasteiger partial charge in [-0.25, -0.2) is 4.79 Å². The van der Waals surface area contributed by atoms with Gasteiger partial charge >= 0.3 is 12.6 Å². The largest absolute Gasteiger partial charge is 0.506 e. The third-order valence-electron chi connectivity index (χ3n) is 1.93. The molecule has 0 spiro atoms. The number of carbonyl (C=O) groups is 1. The molecule has 0 saturated carbocycles. The summed E-state index contributed by atoms with van der Waals surface area (Å²) in [6.07, 6.45) is 0. The number of rotatable bonds is 4. The minimum atomic E-state index is -3.16. The van der Waals surface area contributed by atoms with E-state index in [0.29, 0.717) is 0 Å². The molecule has 0 amide bonds. The summed E-state index contributed by atoms with van der Waals surface area (Å²) in [4.78, 5) is 11.5. The lowest BCUT2D eigenvalue weighted by Crippen LogP contribution is -2.11. The maximum Gasteiger partial charge on any atom is 0.387 e. The van der Waals surface area contributed by atoms with Crippen molar-refractivity contribution in [2.45, 2.75) is 13.5 Å². The molecule has 7 heteroatoms. The van der Waals surface area contributed by atoms with E-state index in [1.165, 1.54) is 6.92 Å². The van der Waals surface area contributed by atoms with Gasteiger partial charge < -0.3 is 14.6 Å². The van der Waals surface area contributed by atoms with Crippen LogP contribution in [-0.4, -0.2) is 24.3 Å². The number of nitriles is 1. The Morgan fingerprint density at radius 1 is 1.56 bits per heavy atom. The Balaban J connectivity index is 3.26. The number of alkyl halides is 2. The smallest absolute Gasteiger partial charge is 0.387 e. The molecule has 96 valence electrons. The Morgan fingerprint density at radius 3 is 2.72 bits per heavy atom. The third-order valence-corrected chi connectivity index (χ3v) is 1.93. The van der Waals surface area contributed by atoms with E-state index in [1.54, 1.807) is 6.07 Å². The molecule has 1 N–H and O–H groups in total. The van der Waals surface area contributed by atoms with Gasteiger partial charge in [0, 0.05) is 6.07 Å². The fraction of sp³-hybridized carbons (Fsp3) is 0.273. The molecule has 0 aliphatic rings. The zero-order valence-corrected chi connectivity index (χ0v) is 9.31. The van der Waals surface area contributed by atoms with Gasteiger partial charge in [-0.2, -0.15) is 14.0 Å². The average Bonchev–Trinajstić information content (AvgIpc) is 2.28. The first-order valence-electron chi connectivity index (χ1n) is 4.88. The molecule has 0 aromatic heterocycles. The van der Waals surface area contributed by atoms with E-state index in [0.717, 1.165) is 12.1 Å². The number of phenolic OH excluding ortho intramolecular Hbond substituents is 1. The van der Waals surface area contributed by atoms with Crippen molar-refractivity contribution in [1.82, 2.24) is 0 Å². The maximum absolute atomic E-state index is 12.1. The number of hydrogen-bond donors (Lipinski definition) is 1. The summed E-state index contributed by atoms with van der Waals surface area (Å²) in [5.41, 5.74) is -0.578. The van der Waals surface area contributed by atoms with Gasteiger partial charge in [-0.1, -0.05) is 0 Å². The SMILES string of the molecule is CCOC(=O)c1cc(C#N)c(O)cc1OC(F)F. The summed E-state index contributed by atoms with van der Waals surface area (Å²) >= 11 is 0. The van der Waals surface area contributed by atoms with Crippen LogP contribution in [0.4, 0.5) is 8.78 Å². The third kappa shape index (κ3) is 3.07. The molecule has 18 heavy (non-hydrogen) atoms. The van der Waals surface area contributed by atoms with E-state index in [2.05, 4.69) is 9.47 Å². The standard InChI is InChI=1S/C11H9F2NO4/c1-2-17-10(16)7-3-6(5-14)8(15)4-9(7)18-11(12)13/h3-4,11,15H,2H2,1H3. The first-order chi connectivity index (χ1) is 8.49. The van der Waals surface area contributed by atoms with Crippen LogP contribution in [0, 0.1) is 11.3 Å². The molecule has 0 heterocycles. The van der Waals surface area contributed by atoms with Gasteiger partial charge in [0.15, 0.2) is 0 Å². The highest BCUT2D eigenvalue weighted by Gasteiger charge is 2.20. The number of ether oxygens (including phenoxy) is 2. The Bertz CT molecular complexity index is 497. The molecule has 0 atom stereocenters. The normalized spacial score (nSPS) is 9.94. The van der Waals surface area contributed by atoms with Crippen molar-refractivity contribution < 1.29 is 28.2 Å². The lowest BCUT2D eigenvalue weighted by atomic mass is 10.1. The summed E-state index contributed by atoms with van der Waals surface area (Å²) in [5, 5.41) is 18.0. The van der Waals surface area contributed by atoms with Crippen LogP contribution in [0.5, 0.6) is 11.5 Å². The van der Waals surface area contributed by atoms with Crippen LogP contribution in [0.3, 0.4) is 0 Å². The van der Waals surface area contributed by atoms with E-state index >= 15 is 0 Å². The van der Waals surface area contributed by atoms with E-state index < -0.39 is 24.1 Å². The van der Waals surface area contributed by atoms with Crippen molar-refractivity contribution in [3.63, 3.8) is 0 Å². The predicted molar refractivity (Wildman–Crippen MR) is 55.4 cm³/mol. The fourth-order valence-electron chi connectivity index (χ4n) is 1.22. The Kier molecular flexibility index (Phi) is 4.43. The molecule has 0 aliphatic carbocycles. The second-order valence-electron chi connectivity index (χ2n) is 3.08. The quantitative estimate of drug-likeness (QED) is 0.835. The average molecular weight is 257 g/mol. The fourth-order valence-corrected chi connectivity index (χ4v) is 1.22. The van der Waals surface area contributed by atoms with Crippen molar-refractivity contribution in [2.75, 3.05) is 6.61 Å². The summed E-state index contributed by atoms with van der Waals surface area (Å²) in [7, 11) is 0. The summed E-state index contributed by atoms with van der Waals surface area (Å²) in [6.45, 7) is -1.59. The van der Waals surface area contributed by atoms with E-state index in [1.807, 2.05) is 0 Å². The lowest BCUT2D eigenvalue weighted by molar-refractivity contribution is -0.0505. The van der Waals surface area contributed by atoms with Crippen LogP contribution in [0.2, 0.25) is 0 Å². The highest BCUT2D eigenvalue weighted by Crippen LogP contribution is 2.29. The number of benzene rings is 1. The molecule has 1 rings (SSSR count).